The second-order valence-electron chi connectivity index (χ2n) is 8.73. The Morgan fingerprint density at radius 2 is 2.00 bits per heavy atom. The molecular formula is C23H28ClN5. The summed E-state index contributed by atoms with van der Waals surface area (Å²) in [5, 5.41) is 5.28. The van der Waals surface area contributed by atoms with Crippen molar-refractivity contribution in [2.24, 2.45) is 11.8 Å². The highest BCUT2D eigenvalue weighted by Crippen LogP contribution is 2.36. The van der Waals surface area contributed by atoms with Gasteiger partial charge >= 0.3 is 0 Å². The van der Waals surface area contributed by atoms with Crippen LogP contribution in [0.5, 0.6) is 0 Å². The highest BCUT2D eigenvalue weighted by molar-refractivity contribution is 6.29. The Morgan fingerprint density at radius 3 is 2.79 bits per heavy atom. The fourth-order valence-electron chi connectivity index (χ4n) is 5.22. The summed E-state index contributed by atoms with van der Waals surface area (Å²) in [4.78, 5) is 14.7. The summed E-state index contributed by atoms with van der Waals surface area (Å²) in [6, 6.07) is 8.56. The normalized spacial score (nSPS) is 25.5. The molecule has 0 bridgehead atoms. The maximum atomic E-state index is 6.38. The Labute approximate surface area is 176 Å². The van der Waals surface area contributed by atoms with Crippen molar-refractivity contribution in [3.05, 3.63) is 41.8 Å². The Hall–Kier alpha value is -2.11. The van der Waals surface area contributed by atoms with E-state index in [0.29, 0.717) is 11.2 Å². The van der Waals surface area contributed by atoms with E-state index >= 15 is 0 Å². The molecule has 1 aliphatic carbocycles. The Kier molecular flexibility index (Phi) is 5.18. The van der Waals surface area contributed by atoms with E-state index in [1.54, 1.807) is 6.20 Å². The van der Waals surface area contributed by atoms with Crippen molar-refractivity contribution >= 4 is 28.5 Å². The van der Waals surface area contributed by atoms with Crippen LogP contribution in [0.15, 0.2) is 36.7 Å². The number of fused-ring (bicyclic) bond motifs is 1. The highest BCUT2D eigenvalue weighted by Gasteiger charge is 2.31. The van der Waals surface area contributed by atoms with Gasteiger partial charge in [0.2, 0.25) is 0 Å². The fraction of sp³-hybridized carbons (Fsp3) is 0.478. The van der Waals surface area contributed by atoms with E-state index in [1.807, 2.05) is 18.3 Å². The Morgan fingerprint density at radius 1 is 1.14 bits per heavy atom. The molecule has 1 saturated carbocycles. The van der Waals surface area contributed by atoms with Crippen molar-refractivity contribution < 1.29 is 0 Å². The van der Waals surface area contributed by atoms with Gasteiger partial charge in [-0.1, -0.05) is 11.6 Å². The lowest BCUT2D eigenvalue weighted by atomic mass is 9.78. The predicted octanol–water partition coefficient (Wildman–Crippen LogP) is 5.20. The largest absolute Gasteiger partial charge is 0.367 e. The molecule has 0 spiro atoms. The smallest absolute Gasteiger partial charge is 0.137 e. The fourth-order valence-corrected chi connectivity index (χ4v) is 5.43. The second kappa shape index (κ2) is 7.96. The lowest BCUT2D eigenvalue weighted by molar-refractivity contribution is 0.238. The Bertz CT molecular complexity index is 992. The van der Waals surface area contributed by atoms with Gasteiger partial charge in [0.25, 0.3) is 0 Å². The van der Waals surface area contributed by atoms with Crippen molar-refractivity contribution in [3.8, 4) is 11.1 Å². The number of pyridine rings is 2. The number of likely N-dealkylation sites (tertiary alicyclic amines) is 1. The maximum absolute atomic E-state index is 6.38. The average Bonchev–Trinajstić information content (AvgIpc) is 3.34. The minimum atomic E-state index is 0.480. The van der Waals surface area contributed by atoms with Gasteiger partial charge in [-0.05, 0) is 87.4 Å². The van der Waals surface area contributed by atoms with Crippen molar-refractivity contribution in [1.82, 2.24) is 19.9 Å². The first-order chi connectivity index (χ1) is 14.2. The molecule has 0 aromatic carbocycles. The van der Waals surface area contributed by atoms with Crippen molar-refractivity contribution in [1.29, 1.82) is 0 Å². The summed E-state index contributed by atoms with van der Waals surface area (Å²) >= 11 is 6.38. The molecule has 29 heavy (non-hydrogen) atoms. The van der Waals surface area contributed by atoms with Crippen LogP contribution in [0, 0.1) is 11.8 Å². The summed E-state index contributed by atoms with van der Waals surface area (Å²) in [5.74, 6) is 2.65. The van der Waals surface area contributed by atoms with Gasteiger partial charge in [0, 0.05) is 35.9 Å². The number of rotatable bonds is 4. The van der Waals surface area contributed by atoms with Gasteiger partial charge in [-0.25, -0.2) is 9.97 Å². The molecule has 4 heterocycles. The molecule has 1 aliphatic heterocycles. The molecule has 0 radical (unpaired) electrons. The van der Waals surface area contributed by atoms with Gasteiger partial charge in [-0.2, -0.15) is 0 Å². The number of H-pyrrole nitrogens is 1. The molecule has 2 N–H and O–H groups in total. The standard InChI is InChI=1S/C23H28ClN5/c1-29-10-8-16(14-29)15-4-6-18(7-5-15)27-22-12-17(11-21(24)28-22)20-13-26-23-19(20)3-2-9-25-23/h2-3,9,11-13,15-16,18H,4-8,10,14H2,1H3,(H,25,26)(H,27,28). The molecular weight excluding hydrogens is 382 g/mol. The molecule has 1 saturated heterocycles. The van der Waals surface area contributed by atoms with E-state index in [1.165, 1.54) is 45.2 Å². The number of anilines is 1. The number of hydrogen-bond donors (Lipinski definition) is 2. The number of aromatic amines is 1. The van der Waals surface area contributed by atoms with Gasteiger partial charge in [-0.15, -0.1) is 0 Å². The van der Waals surface area contributed by atoms with Crippen LogP contribution in [0.2, 0.25) is 5.15 Å². The van der Waals surface area contributed by atoms with E-state index in [-0.39, 0.29) is 0 Å². The first-order valence-electron chi connectivity index (χ1n) is 10.7. The van der Waals surface area contributed by atoms with Gasteiger partial charge in [0.05, 0.1) is 0 Å². The van der Waals surface area contributed by atoms with Crippen molar-refractivity contribution in [2.75, 3.05) is 25.5 Å². The molecule has 1 atom stereocenters. The van der Waals surface area contributed by atoms with E-state index in [2.05, 4.69) is 44.3 Å². The van der Waals surface area contributed by atoms with Crippen LogP contribution in [0.3, 0.4) is 0 Å². The first kappa shape index (κ1) is 18.9. The molecule has 2 fully saturated rings. The summed E-state index contributed by atoms with van der Waals surface area (Å²) < 4.78 is 0. The van der Waals surface area contributed by atoms with Crippen molar-refractivity contribution in [2.45, 2.75) is 38.1 Å². The number of aromatic nitrogens is 3. The zero-order valence-corrected chi connectivity index (χ0v) is 17.6. The van der Waals surface area contributed by atoms with Gasteiger partial charge in [0.1, 0.15) is 16.6 Å². The second-order valence-corrected chi connectivity index (χ2v) is 9.12. The third kappa shape index (κ3) is 3.99. The molecule has 3 aromatic rings. The van der Waals surface area contributed by atoms with E-state index in [9.17, 15) is 0 Å². The van der Waals surface area contributed by atoms with Crippen LogP contribution in [0.25, 0.3) is 22.2 Å². The average molecular weight is 410 g/mol. The molecule has 5 rings (SSSR count). The summed E-state index contributed by atoms with van der Waals surface area (Å²) in [7, 11) is 2.25. The van der Waals surface area contributed by atoms with Crippen LogP contribution < -0.4 is 5.32 Å². The third-order valence-corrected chi connectivity index (χ3v) is 6.97. The topological polar surface area (TPSA) is 56.8 Å². The van der Waals surface area contributed by atoms with Gasteiger partial charge < -0.3 is 15.2 Å². The van der Waals surface area contributed by atoms with Gasteiger partial charge in [-0.3, -0.25) is 0 Å². The third-order valence-electron chi connectivity index (χ3n) is 6.77. The number of halogens is 1. The predicted molar refractivity (Wildman–Crippen MR) is 119 cm³/mol. The number of nitrogens with zero attached hydrogens (tertiary/aromatic N) is 3. The van der Waals surface area contributed by atoms with Crippen LogP contribution in [-0.2, 0) is 0 Å². The molecule has 3 aromatic heterocycles. The molecule has 6 heteroatoms. The lowest BCUT2D eigenvalue weighted by Crippen LogP contribution is -2.30. The van der Waals surface area contributed by atoms with E-state index in [4.69, 9.17) is 11.6 Å². The van der Waals surface area contributed by atoms with Crippen LogP contribution in [-0.4, -0.2) is 46.0 Å². The van der Waals surface area contributed by atoms with E-state index < -0.39 is 0 Å². The summed E-state index contributed by atoms with van der Waals surface area (Å²) in [5.41, 5.74) is 3.06. The monoisotopic (exact) mass is 409 g/mol. The minimum absolute atomic E-state index is 0.480. The van der Waals surface area contributed by atoms with Crippen LogP contribution in [0.1, 0.15) is 32.1 Å². The highest BCUT2D eigenvalue weighted by atomic mass is 35.5. The zero-order valence-electron chi connectivity index (χ0n) is 16.9. The summed E-state index contributed by atoms with van der Waals surface area (Å²) in [6.07, 6.45) is 10.2. The summed E-state index contributed by atoms with van der Waals surface area (Å²) in [6.45, 7) is 2.54. The van der Waals surface area contributed by atoms with Crippen LogP contribution >= 0.6 is 11.6 Å². The molecule has 2 aliphatic rings. The quantitative estimate of drug-likeness (QED) is 0.581. The number of hydrogen-bond acceptors (Lipinski definition) is 4. The minimum Gasteiger partial charge on any atom is -0.367 e. The Balaban J connectivity index is 1.29. The molecule has 152 valence electrons. The molecule has 1 unspecified atom stereocenters. The molecule has 0 amide bonds. The SMILES string of the molecule is CN1CCC(C2CCC(Nc3cc(-c4c[nH]c5ncccc45)cc(Cl)n3)CC2)C1. The number of nitrogens with one attached hydrogen (secondary N) is 2. The zero-order chi connectivity index (χ0) is 19.8. The lowest BCUT2D eigenvalue weighted by Gasteiger charge is -2.32. The maximum Gasteiger partial charge on any atom is 0.137 e. The molecule has 5 nitrogen and oxygen atoms in total. The van der Waals surface area contributed by atoms with E-state index in [0.717, 1.165) is 39.8 Å². The van der Waals surface area contributed by atoms with Crippen molar-refractivity contribution in [3.63, 3.8) is 0 Å². The first-order valence-corrected chi connectivity index (χ1v) is 11.1. The van der Waals surface area contributed by atoms with Gasteiger partial charge in [0.15, 0.2) is 0 Å². The van der Waals surface area contributed by atoms with Crippen LogP contribution in [0.4, 0.5) is 5.82 Å².